The second-order valence-electron chi connectivity index (χ2n) is 15.6. The maximum Gasteiger partial charge on any atom is 0.368 e. The molecule has 3 unspecified atom stereocenters. The van der Waals surface area contributed by atoms with E-state index >= 15 is 4.79 Å². The van der Waals surface area contributed by atoms with E-state index in [1.807, 2.05) is 103 Å². The number of aliphatic hydroxyl groups is 1. The molecule has 13 heteroatoms. The number of hydrogen-bond acceptors (Lipinski definition) is 8. The molecule has 12 nitrogen and oxygen atoms in total. The number of urea groups is 1. The van der Waals surface area contributed by atoms with Gasteiger partial charge in [0.05, 0.1) is 31.4 Å². The summed E-state index contributed by atoms with van der Waals surface area (Å²) in [5.74, 6) is -0.798. The van der Waals surface area contributed by atoms with Gasteiger partial charge in [-0.05, 0) is 89.0 Å². The monoisotopic (exact) mass is 866 g/mol. The van der Waals surface area contributed by atoms with Gasteiger partial charge in [0, 0.05) is 24.2 Å². The third-order valence-electron chi connectivity index (χ3n) is 11.1. The molecule has 0 bridgehead atoms. The van der Waals surface area contributed by atoms with Crippen molar-refractivity contribution in [1.29, 1.82) is 0 Å². The van der Waals surface area contributed by atoms with Crippen LogP contribution in [0.4, 0.5) is 4.79 Å². The van der Waals surface area contributed by atoms with Crippen molar-refractivity contribution in [1.82, 2.24) is 9.80 Å². The Labute approximate surface area is 367 Å². The third-order valence-corrected chi connectivity index (χ3v) is 12.5. The van der Waals surface area contributed by atoms with Gasteiger partial charge in [-0.1, -0.05) is 127 Å². The van der Waals surface area contributed by atoms with Crippen LogP contribution in [0.25, 0.3) is 0 Å². The van der Waals surface area contributed by atoms with E-state index in [1.165, 1.54) is 0 Å². The quantitative estimate of drug-likeness (QED) is 0.0643. The van der Waals surface area contributed by atoms with E-state index in [2.05, 4.69) is 0 Å². The minimum atomic E-state index is -3.81. The highest BCUT2D eigenvalue weighted by molar-refractivity contribution is 7.53. The highest BCUT2D eigenvalue weighted by Gasteiger charge is 2.46. The van der Waals surface area contributed by atoms with E-state index in [-0.39, 0.29) is 50.7 Å². The Morgan fingerprint density at radius 3 is 1.56 bits per heavy atom. The topological polar surface area (TPSA) is 175 Å². The molecule has 324 valence electrons. The molecule has 1 saturated heterocycles. The summed E-state index contributed by atoms with van der Waals surface area (Å²) in [6.07, 6.45) is -0.176. The lowest BCUT2D eigenvalue weighted by Crippen LogP contribution is -2.66. The van der Waals surface area contributed by atoms with Crippen molar-refractivity contribution in [3.05, 3.63) is 208 Å². The number of hydrogen-bond donors (Lipinski definition) is 3. The number of carbonyl (C=O) groups excluding carboxylic acids is 3. The molecule has 7 rings (SSSR count). The van der Waals surface area contributed by atoms with Crippen LogP contribution in [-0.4, -0.2) is 57.3 Å². The molecule has 4 amide bonds. The third kappa shape index (κ3) is 12.1. The first-order valence-corrected chi connectivity index (χ1v) is 22.5. The molecular formula is C50H51N4O8P. The molecule has 5 N–H and O–H groups in total. The van der Waals surface area contributed by atoms with Crippen LogP contribution < -0.4 is 16.2 Å². The first-order valence-electron chi connectivity index (χ1n) is 20.8. The minimum absolute atomic E-state index is 0.0567. The molecule has 6 aromatic rings. The highest BCUT2D eigenvalue weighted by atomic mass is 31.2. The van der Waals surface area contributed by atoms with Gasteiger partial charge in [0.1, 0.15) is 5.75 Å². The van der Waals surface area contributed by atoms with Crippen LogP contribution >= 0.6 is 7.60 Å². The Kier molecular flexibility index (Phi) is 14.8. The first-order chi connectivity index (χ1) is 30.5. The largest absolute Gasteiger partial charge is 0.481 e. The molecule has 3 atom stereocenters. The van der Waals surface area contributed by atoms with Crippen LogP contribution in [-0.2, 0) is 52.8 Å². The van der Waals surface area contributed by atoms with Crippen molar-refractivity contribution >= 4 is 25.4 Å². The molecule has 63 heavy (non-hydrogen) atoms. The molecule has 0 radical (unpaired) electrons. The van der Waals surface area contributed by atoms with Gasteiger partial charge in [-0.2, -0.15) is 0 Å². The van der Waals surface area contributed by atoms with E-state index < -0.39 is 37.6 Å². The van der Waals surface area contributed by atoms with Crippen LogP contribution in [0, 0.1) is 0 Å². The van der Waals surface area contributed by atoms with Crippen LogP contribution in [0.5, 0.6) is 5.75 Å². The first kappa shape index (κ1) is 44.5. The number of benzene rings is 6. The average Bonchev–Trinajstić information content (AvgIpc) is 3.31. The summed E-state index contributed by atoms with van der Waals surface area (Å²) < 4.78 is 32.3. The smallest absolute Gasteiger partial charge is 0.368 e. The van der Waals surface area contributed by atoms with Crippen molar-refractivity contribution in [2.45, 2.75) is 63.8 Å². The van der Waals surface area contributed by atoms with Gasteiger partial charge in [0.25, 0.3) is 0 Å². The predicted octanol–water partition coefficient (Wildman–Crippen LogP) is 8.26. The van der Waals surface area contributed by atoms with Gasteiger partial charge >= 0.3 is 13.6 Å². The molecule has 6 aromatic carbocycles. The minimum Gasteiger partial charge on any atom is -0.481 e. The number of aryl methyl sites for hydroxylation is 1. The lowest BCUT2D eigenvalue weighted by molar-refractivity contribution is -0.0453. The van der Waals surface area contributed by atoms with Crippen LogP contribution in [0.3, 0.4) is 0 Å². The van der Waals surface area contributed by atoms with Crippen LogP contribution in [0.2, 0.25) is 0 Å². The second kappa shape index (κ2) is 21.0. The highest BCUT2D eigenvalue weighted by Crippen LogP contribution is 2.50. The van der Waals surface area contributed by atoms with Gasteiger partial charge in [0.2, 0.25) is 11.8 Å². The van der Waals surface area contributed by atoms with Crippen LogP contribution in [0.15, 0.2) is 164 Å². The molecule has 0 aromatic heterocycles. The summed E-state index contributed by atoms with van der Waals surface area (Å²) in [6.45, 7) is 0.271. The van der Waals surface area contributed by atoms with Crippen molar-refractivity contribution in [3.8, 4) is 5.75 Å². The Morgan fingerprint density at radius 2 is 1.03 bits per heavy atom. The maximum atomic E-state index is 15.0. The number of carbonyl (C=O) groups is 3. The van der Waals surface area contributed by atoms with Gasteiger partial charge in [-0.25, -0.2) is 4.79 Å². The zero-order chi connectivity index (χ0) is 44.2. The fourth-order valence-electron chi connectivity index (χ4n) is 7.76. The number of amides is 4. The van der Waals surface area contributed by atoms with E-state index in [9.17, 15) is 19.3 Å². The standard InChI is InChI=1S/C50H51N4O8P/c51-48(56)42-22-10-20-40(27-42)31-53-45(26-25-36-13-4-1-5-14-36)47(55)46(54(50(53)58)32-41-21-11-23-43(28-41)49(52)57)30-39-19-12-24-44(29-39)60-35-63(59,61-33-37-15-6-2-7-16-37)62-34-38-17-8-3-9-18-38/h1-24,27-29,45-47,55H,25-26,30-35H2,(H2,51,56)(H2,52,57). The van der Waals surface area contributed by atoms with E-state index in [0.29, 0.717) is 35.3 Å². The summed E-state index contributed by atoms with van der Waals surface area (Å²) in [5.41, 5.74) is 16.6. The molecule has 1 aliphatic heterocycles. The molecule has 0 spiro atoms. The summed E-state index contributed by atoms with van der Waals surface area (Å²) >= 11 is 0. The lowest BCUT2D eigenvalue weighted by Gasteiger charge is -2.49. The van der Waals surface area contributed by atoms with E-state index in [1.54, 1.807) is 70.5 Å². The van der Waals surface area contributed by atoms with E-state index in [4.69, 9.17) is 25.3 Å². The Hall–Kier alpha value is -6.56. The Bertz CT molecular complexity index is 2480. The Morgan fingerprint density at radius 1 is 0.571 bits per heavy atom. The number of nitrogens with zero attached hydrogens (tertiary/aromatic N) is 2. The second-order valence-corrected chi connectivity index (χ2v) is 17.6. The van der Waals surface area contributed by atoms with Gasteiger partial charge in [0.15, 0.2) is 6.35 Å². The molecule has 1 heterocycles. The number of aliphatic hydroxyl groups excluding tert-OH is 1. The molecule has 1 aliphatic rings. The lowest BCUT2D eigenvalue weighted by atomic mass is 9.88. The van der Waals surface area contributed by atoms with Crippen molar-refractivity contribution < 1.29 is 37.8 Å². The molecule has 0 saturated carbocycles. The van der Waals surface area contributed by atoms with Crippen LogP contribution in [0.1, 0.15) is 60.5 Å². The fraction of sp³-hybridized carbons (Fsp3) is 0.220. The van der Waals surface area contributed by atoms with Crippen molar-refractivity contribution in [2.75, 3.05) is 6.35 Å². The summed E-state index contributed by atoms with van der Waals surface area (Å²) in [5, 5.41) is 12.6. The van der Waals surface area contributed by atoms with E-state index in [0.717, 1.165) is 22.3 Å². The fourth-order valence-corrected chi connectivity index (χ4v) is 8.99. The summed E-state index contributed by atoms with van der Waals surface area (Å²) in [4.78, 5) is 42.6. The SMILES string of the molecule is NC(=O)c1cccc(CN2C(=O)N(Cc3cccc(C(N)=O)c3)C(Cc3cccc(OCP(=O)(OCc4ccccc4)OCc4ccccc4)c3)C(O)C2CCc2ccccc2)c1. The number of ether oxygens (including phenoxy) is 1. The molecule has 1 fully saturated rings. The van der Waals surface area contributed by atoms with Gasteiger partial charge in [-0.15, -0.1) is 0 Å². The zero-order valence-electron chi connectivity index (χ0n) is 34.8. The maximum absolute atomic E-state index is 15.0. The molecular weight excluding hydrogens is 816 g/mol. The summed E-state index contributed by atoms with van der Waals surface area (Å²) in [6, 6.07) is 47.7. The average molecular weight is 867 g/mol. The predicted molar refractivity (Wildman–Crippen MR) is 240 cm³/mol. The number of nitrogens with two attached hydrogens (primary N) is 2. The Balaban J connectivity index is 1.17. The summed E-state index contributed by atoms with van der Waals surface area (Å²) in [7, 11) is -3.81. The zero-order valence-corrected chi connectivity index (χ0v) is 35.7. The number of primary amides is 2. The van der Waals surface area contributed by atoms with Gasteiger partial charge in [-0.3, -0.25) is 14.2 Å². The molecule has 0 aliphatic carbocycles. The number of rotatable bonds is 20. The van der Waals surface area contributed by atoms with Crippen molar-refractivity contribution in [3.63, 3.8) is 0 Å². The van der Waals surface area contributed by atoms with Gasteiger partial charge < -0.3 is 40.2 Å². The normalized spacial score (nSPS) is 16.5. The van der Waals surface area contributed by atoms with Crippen molar-refractivity contribution in [2.24, 2.45) is 11.5 Å².